The Bertz CT molecular complexity index is 384. The van der Waals surface area contributed by atoms with Crippen molar-refractivity contribution in [2.45, 2.75) is 180 Å². The number of hydrogen-bond donors (Lipinski definition) is 1. The first kappa shape index (κ1) is 31.9. The number of unbranched alkanes of at least 4 members (excludes halogenated alkanes) is 16. The molecule has 0 aromatic heterocycles. The van der Waals surface area contributed by atoms with Gasteiger partial charge < -0.3 is 14.8 Å². The highest BCUT2D eigenvalue weighted by molar-refractivity contribution is 4.68. The van der Waals surface area contributed by atoms with Crippen molar-refractivity contribution in [1.29, 1.82) is 0 Å². The molecule has 0 spiro atoms. The van der Waals surface area contributed by atoms with E-state index in [-0.39, 0.29) is 6.29 Å². The highest BCUT2D eigenvalue weighted by atomic mass is 16.7. The fourth-order valence-corrected chi connectivity index (χ4v) is 5.17. The second-order valence-electron chi connectivity index (χ2n) is 10.9. The van der Waals surface area contributed by atoms with Crippen molar-refractivity contribution in [2.24, 2.45) is 0 Å². The highest BCUT2D eigenvalue weighted by Crippen LogP contribution is 2.16. The smallest absolute Gasteiger partial charge is 0.157 e. The first-order valence-corrected chi connectivity index (χ1v) is 15.8. The van der Waals surface area contributed by atoms with Gasteiger partial charge in [-0.05, 0) is 51.5 Å². The average Bonchev–Trinajstić information content (AvgIpc) is 2.86. The molecule has 2 atom stereocenters. The van der Waals surface area contributed by atoms with Gasteiger partial charge in [0.2, 0.25) is 0 Å². The van der Waals surface area contributed by atoms with E-state index in [2.05, 4.69) is 19.2 Å². The maximum Gasteiger partial charge on any atom is 0.157 e. The van der Waals surface area contributed by atoms with Crippen molar-refractivity contribution in [3.05, 3.63) is 0 Å². The Balaban J connectivity index is 2.07. The summed E-state index contributed by atoms with van der Waals surface area (Å²) >= 11 is 0. The number of nitrogens with one attached hydrogen (secondary N) is 1. The quantitative estimate of drug-likeness (QED) is 0.125. The third-order valence-corrected chi connectivity index (χ3v) is 7.51. The molecule has 0 radical (unpaired) electrons. The van der Waals surface area contributed by atoms with Crippen molar-refractivity contribution in [1.82, 2.24) is 5.32 Å². The monoisotopic (exact) mass is 481 g/mol. The summed E-state index contributed by atoms with van der Waals surface area (Å²) in [5.41, 5.74) is 0. The van der Waals surface area contributed by atoms with Crippen molar-refractivity contribution >= 4 is 0 Å². The lowest BCUT2D eigenvalue weighted by atomic mass is 10.00. The highest BCUT2D eigenvalue weighted by Gasteiger charge is 2.13. The van der Waals surface area contributed by atoms with Gasteiger partial charge in [0.15, 0.2) is 6.29 Å². The van der Waals surface area contributed by atoms with E-state index in [1.165, 1.54) is 154 Å². The van der Waals surface area contributed by atoms with Crippen molar-refractivity contribution in [3.8, 4) is 0 Å². The second-order valence-corrected chi connectivity index (χ2v) is 10.9. The SMILES string of the molecule is CCCCCCCCCCNC(CCCCCCCCC)CCCCCCOC1CCCCO1. The fourth-order valence-electron chi connectivity index (χ4n) is 5.17. The van der Waals surface area contributed by atoms with Crippen LogP contribution in [0.1, 0.15) is 168 Å². The Morgan fingerprint density at radius 3 is 1.74 bits per heavy atom. The molecular formula is C31H63NO2. The predicted octanol–water partition coefficient (Wildman–Crippen LogP) is 9.72. The van der Waals surface area contributed by atoms with E-state index in [1.807, 2.05) is 0 Å². The number of hydrogen-bond acceptors (Lipinski definition) is 3. The zero-order chi connectivity index (χ0) is 24.4. The standard InChI is InChI=1S/C31H63NO2/c1-3-5-7-9-11-13-16-21-27-32-30(24-18-14-12-10-8-6-4-2)25-19-15-17-22-28-33-31-26-20-23-29-34-31/h30-32H,3-29H2,1-2H3. The molecule has 1 aliphatic heterocycles. The minimum absolute atomic E-state index is 0.0839. The van der Waals surface area contributed by atoms with Crippen LogP contribution in [0.25, 0.3) is 0 Å². The summed E-state index contributed by atoms with van der Waals surface area (Å²) in [5.74, 6) is 0. The van der Waals surface area contributed by atoms with Crippen LogP contribution in [0.4, 0.5) is 0 Å². The van der Waals surface area contributed by atoms with Crippen LogP contribution in [0.2, 0.25) is 0 Å². The summed E-state index contributed by atoms with van der Waals surface area (Å²) in [6, 6.07) is 0.743. The molecule has 0 aliphatic carbocycles. The largest absolute Gasteiger partial charge is 0.353 e. The zero-order valence-electron chi connectivity index (χ0n) is 23.6. The van der Waals surface area contributed by atoms with Gasteiger partial charge in [0.25, 0.3) is 0 Å². The van der Waals surface area contributed by atoms with Crippen LogP contribution in [0.5, 0.6) is 0 Å². The maximum absolute atomic E-state index is 5.89. The summed E-state index contributed by atoms with van der Waals surface area (Å²) in [4.78, 5) is 0. The van der Waals surface area contributed by atoms with Crippen LogP contribution in [-0.2, 0) is 9.47 Å². The molecule has 3 heteroatoms. The van der Waals surface area contributed by atoms with E-state index in [0.29, 0.717) is 0 Å². The van der Waals surface area contributed by atoms with Crippen molar-refractivity contribution in [3.63, 3.8) is 0 Å². The van der Waals surface area contributed by atoms with E-state index in [0.717, 1.165) is 25.7 Å². The molecule has 0 amide bonds. The average molecular weight is 482 g/mol. The Hall–Kier alpha value is -0.120. The molecule has 0 bridgehead atoms. The summed E-state index contributed by atoms with van der Waals surface area (Å²) in [7, 11) is 0. The van der Waals surface area contributed by atoms with E-state index in [4.69, 9.17) is 9.47 Å². The van der Waals surface area contributed by atoms with Crippen LogP contribution in [0.15, 0.2) is 0 Å². The van der Waals surface area contributed by atoms with Gasteiger partial charge in [-0.3, -0.25) is 0 Å². The van der Waals surface area contributed by atoms with Crippen LogP contribution >= 0.6 is 0 Å². The molecule has 34 heavy (non-hydrogen) atoms. The molecule has 1 heterocycles. The maximum atomic E-state index is 5.89. The minimum Gasteiger partial charge on any atom is -0.353 e. The molecule has 1 aliphatic rings. The lowest BCUT2D eigenvalue weighted by Gasteiger charge is -2.22. The second kappa shape index (κ2) is 26.0. The van der Waals surface area contributed by atoms with E-state index >= 15 is 0 Å². The Labute approximate surface area is 214 Å². The summed E-state index contributed by atoms with van der Waals surface area (Å²) in [5, 5.41) is 3.95. The Morgan fingerprint density at radius 1 is 0.647 bits per heavy atom. The summed E-state index contributed by atoms with van der Waals surface area (Å²) < 4.78 is 11.6. The van der Waals surface area contributed by atoms with Crippen LogP contribution in [0, 0.1) is 0 Å². The van der Waals surface area contributed by atoms with Crippen LogP contribution < -0.4 is 5.32 Å². The molecule has 1 fully saturated rings. The van der Waals surface area contributed by atoms with Gasteiger partial charge in [-0.15, -0.1) is 0 Å². The van der Waals surface area contributed by atoms with Gasteiger partial charge >= 0.3 is 0 Å². The van der Waals surface area contributed by atoms with Gasteiger partial charge in [-0.25, -0.2) is 0 Å². The number of ether oxygens (including phenoxy) is 2. The molecular weight excluding hydrogens is 418 g/mol. The lowest BCUT2D eigenvalue weighted by molar-refractivity contribution is -0.162. The summed E-state index contributed by atoms with van der Waals surface area (Å²) in [6.45, 7) is 7.60. The fraction of sp³-hybridized carbons (Fsp3) is 1.00. The third kappa shape index (κ3) is 21.2. The van der Waals surface area contributed by atoms with Gasteiger partial charge in [0.05, 0.1) is 0 Å². The van der Waals surface area contributed by atoms with Crippen LogP contribution in [-0.4, -0.2) is 32.1 Å². The zero-order valence-corrected chi connectivity index (χ0v) is 23.6. The predicted molar refractivity (Wildman–Crippen MR) is 150 cm³/mol. The molecule has 1 saturated heterocycles. The van der Waals surface area contributed by atoms with E-state index < -0.39 is 0 Å². The third-order valence-electron chi connectivity index (χ3n) is 7.51. The Kier molecular flexibility index (Phi) is 24.4. The normalized spacial score (nSPS) is 17.3. The Morgan fingerprint density at radius 2 is 1.18 bits per heavy atom. The number of rotatable bonds is 26. The van der Waals surface area contributed by atoms with Crippen molar-refractivity contribution < 1.29 is 9.47 Å². The molecule has 0 saturated carbocycles. The molecule has 1 N–H and O–H groups in total. The first-order chi connectivity index (χ1) is 16.9. The van der Waals surface area contributed by atoms with Crippen LogP contribution in [0.3, 0.4) is 0 Å². The molecule has 0 aromatic carbocycles. The van der Waals surface area contributed by atoms with Gasteiger partial charge in [0, 0.05) is 19.3 Å². The first-order valence-electron chi connectivity index (χ1n) is 15.8. The topological polar surface area (TPSA) is 30.5 Å². The van der Waals surface area contributed by atoms with Gasteiger partial charge in [-0.1, -0.05) is 123 Å². The molecule has 2 unspecified atom stereocenters. The minimum atomic E-state index is 0.0839. The molecule has 1 rings (SSSR count). The molecule has 0 aromatic rings. The van der Waals surface area contributed by atoms with Crippen molar-refractivity contribution in [2.75, 3.05) is 19.8 Å². The molecule has 3 nitrogen and oxygen atoms in total. The summed E-state index contributed by atoms with van der Waals surface area (Å²) in [6.07, 6.45) is 32.8. The van der Waals surface area contributed by atoms with Gasteiger partial charge in [0.1, 0.15) is 0 Å². The molecule has 204 valence electrons. The lowest BCUT2D eigenvalue weighted by Crippen LogP contribution is -2.30. The van der Waals surface area contributed by atoms with E-state index in [1.54, 1.807) is 0 Å². The van der Waals surface area contributed by atoms with E-state index in [9.17, 15) is 0 Å². The van der Waals surface area contributed by atoms with Gasteiger partial charge in [-0.2, -0.15) is 0 Å².